The van der Waals surface area contributed by atoms with E-state index < -0.39 is 16.6 Å². The maximum Gasteiger partial charge on any atom is 0.324 e. The van der Waals surface area contributed by atoms with Gasteiger partial charge in [-0.1, -0.05) is 5.16 Å². The quantitative estimate of drug-likeness (QED) is 0.434. The number of urea groups is 1. The van der Waals surface area contributed by atoms with Gasteiger partial charge in [0.2, 0.25) is 0 Å². The van der Waals surface area contributed by atoms with Gasteiger partial charge in [-0.05, 0) is 24.3 Å². The number of carbonyl (C=O) groups excluding carboxylic acids is 1. The first kappa shape index (κ1) is 22.0. The zero-order valence-electron chi connectivity index (χ0n) is 17.4. The molecule has 0 aliphatic carbocycles. The van der Waals surface area contributed by atoms with Crippen LogP contribution >= 0.6 is 10.6 Å². The standard InChI is InChI=1S/C20H24N6O5S/c1-32(28,29)13-16-12-18(26-7-10-30-11-8-26)24-19(21-16)14-2-4-15(5-3-14)22-20(27)23-17-6-9-31-25-17/h2-6,9,12,28-29H,7-8,10-11,13H2,1H3,(H2,22,23,25,27). The Balaban J connectivity index is 1.54. The van der Waals surface area contributed by atoms with Gasteiger partial charge in [0.1, 0.15) is 12.1 Å². The molecule has 3 aromatic rings. The highest BCUT2D eigenvalue weighted by Crippen LogP contribution is 2.38. The molecule has 0 bridgehead atoms. The fourth-order valence-electron chi connectivity index (χ4n) is 3.18. The van der Waals surface area contributed by atoms with Crippen LogP contribution < -0.4 is 15.5 Å². The minimum atomic E-state index is -2.77. The first-order valence-electron chi connectivity index (χ1n) is 9.86. The molecule has 0 radical (unpaired) electrons. The third-order valence-electron chi connectivity index (χ3n) is 4.60. The van der Waals surface area contributed by atoms with Crippen LogP contribution in [-0.4, -0.2) is 62.8 Å². The molecule has 32 heavy (non-hydrogen) atoms. The van der Waals surface area contributed by atoms with E-state index in [4.69, 9.17) is 4.74 Å². The van der Waals surface area contributed by atoms with Crippen molar-refractivity contribution >= 4 is 33.9 Å². The third-order valence-corrected chi connectivity index (χ3v) is 5.45. The predicted octanol–water partition coefficient (Wildman–Crippen LogP) is 3.49. The van der Waals surface area contributed by atoms with Crippen LogP contribution in [0.15, 0.2) is 47.2 Å². The zero-order chi connectivity index (χ0) is 22.6. The summed E-state index contributed by atoms with van der Waals surface area (Å²) >= 11 is 0. The lowest BCUT2D eigenvalue weighted by atomic mass is 10.2. The molecule has 3 heterocycles. The van der Waals surface area contributed by atoms with Gasteiger partial charge in [0.05, 0.1) is 24.7 Å². The molecule has 4 rings (SSSR count). The average Bonchev–Trinajstić information content (AvgIpc) is 3.26. The van der Waals surface area contributed by atoms with Crippen LogP contribution in [0.4, 0.5) is 22.1 Å². The van der Waals surface area contributed by atoms with Crippen molar-refractivity contribution in [3.63, 3.8) is 0 Å². The van der Waals surface area contributed by atoms with Crippen LogP contribution in [0.2, 0.25) is 0 Å². The highest BCUT2D eigenvalue weighted by atomic mass is 32.3. The predicted molar refractivity (Wildman–Crippen MR) is 122 cm³/mol. The molecule has 1 saturated heterocycles. The zero-order valence-corrected chi connectivity index (χ0v) is 18.2. The summed E-state index contributed by atoms with van der Waals surface area (Å²) in [6.45, 7) is 2.60. The van der Waals surface area contributed by atoms with E-state index in [9.17, 15) is 13.9 Å². The Morgan fingerprint density at radius 3 is 2.53 bits per heavy atom. The maximum absolute atomic E-state index is 12.0. The molecule has 0 unspecified atom stereocenters. The Kier molecular flexibility index (Phi) is 6.55. The number of nitrogens with zero attached hydrogens (tertiary/aromatic N) is 4. The summed E-state index contributed by atoms with van der Waals surface area (Å²) in [5, 5.41) is 8.88. The van der Waals surface area contributed by atoms with E-state index >= 15 is 0 Å². The maximum atomic E-state index is 12.0. The molecule has 1 aliphatic rings. The number of hydrogen-bond acceptors (Lipinski definition) is 9. The molecular formula is C20H24N6O5S. The van der Waals surface area contributed by atoms with Gasteiger partial charge in [-0.3, -0.25) is 14.4 Å². The molecule has 0 saturated carbocycles. The van der Waals surface area contributed by atoms with Crippen LogP contribution in [-0.2, 0) is 10.5 Å². The van der Waals surface area contributed by atoms with Gasteiger partial charge in [0.15, 0.2) is 11.6 Å². The van der Waals surface area contributed by atoms with E-state index in [1.807, 2.05) is 0 Å². The van der Waals surface area contributed by atoms with E-state index in [2.05, 4.69) is 35.2 Å². The van der Waals surface area contributed by atoms with Crippen molar-refractivity contribution in [2.45, 2.75) is 5.75 Å². The van der Waals surface area contributed by atoms with Crippen LogP contribution in [0, 0.1) is 0 Å². The second kappa shape index (κ2) is 9.53. The second-order valence-electron chi connectivity index (χ2n) is 7.32. The molecule has 11 nitrogen and oxygen atoms in total. The molecule has 2 amide bonds. The molecule has 1 fully saturated rings. The van der Waals surface area contributed by atoms with Crippen molar-refractivity contribution in [3.8, 4) is 11.4 Å². The van der Waals surface area contributed by atoms with Gasteiger partial charge >= 0.3 is 6.03 Å². The lowest BCUT2D eigenvalue weighted by Crippen LogP contribution is -2.37. The molecule has 1 aliphatic heterocycles. The average molecular weight is 461 g/mol. The monoisotopic (exact) mass is 460 g/mol. The van der Waals surface area contributed by atoms with Gasteiger partial charge in [-0.15, -0.1) is 0 Å². The van der Waals surface area contributed by atoms with Gasteiger partial charge in [-0.25, -0.2) is 14.8 Å². The number of benzene rings is 1. The van der Waals surface area contributed by atoms with Crippen LogP contribution in [0.3, 0.4) is 0 Å². The number of anilines is 3. The molecule has 2 aromatic heterocycles. The summed E-state index contributed by atoms with van der Waals surface area (Å²) in [4.78, 5) is 23.4. The van der Waals surface area contributed by atoms with Crippen LogP contribution in [0.5, 0.6) is 0 Å². The number of nitrogens with one attached hydrogen (secondary N) is 2. The van der Waals surface area contributed by atoms with Crippen molar-refractivity contribution in [1.29, 1.82) is 0 Å². The Morgan fingerprint density at radius 2 is 1.88 bits per heavy atom. The molecule has 170 valence electrons. The lowest BCUT2D eigenvalue weighted by Gasteiger charge is -2.30. The largest absolute Gasteiger partial charge is 0.378 e. The van der Waals surface area contributed by atoms with Crippen molar-refractivity contribution in [1.82, 2.24) is 15.1 Å². The highest BCUT2D eigenvalue weighted by molar-refractivity contribution is 8.23. The number of aromatic nitrogens is 3. The van der Waals surface area contributed by atoms with Crippen molar-refractivity contribution in [3.05, 3.63) is 48.4 Å². The Labute approximate surface area is 186 Å². The first-order chi connectivity index (χ1) is 15.4. The molecule has 4 N–H and O–H groups in total. The van der Waals surface area contributed by atoms with E-state index in [1.54, 1.807) is 30.3 Å². The number of hydrogen-bond donors (Lipinski definition) is 4. The van der Waals surface area contributed by atoms with E-state index in [0.717, 1.165) is 5.56 Å². The van der Waals surface area contributed by atoms with Gasteiger partial charge in [0, 0.05) is 42.7 Å². The van der Waals surface area contributed by atoms with E-state index in [0.29, 0.717) is 55.1 Å². The number of amides is 2. The summed E-state index contributed by atoms with van der Waals surface area (Å²) < 4.78 is 30.0. The van der Waals surface area contributed by atoms with Crippen LogP contribution in [0.1, 0.15) is 5.69 Å². The smallest absolute Gasteiger partial charge is 0.324 e. The van der Waals surface area contributed by atoms with E-state index in [-0.39, 0.29) is 5.75 Å². The third kappa shape index (κ3) is 5.95. The SMILES string of the molecule is CS(O)(O)Cc1cc(N2CCOCC2)nc(-c2ccc(NC(=O)Nc3ccon3)cc2)n1. The van der Waals surface area contributed by atoms with Gasteiger partial charge in [0.25, 0.3) is 0 Å². The van der Waals surface area contributed by atoms with Crippen molar-refractivity contribution in [2.75, 3.05) is 48.1 Å². The molecule has 12 heteroatoms. The Morgan fingerprint density at radius 1 is 1.12 bits per heavy atom. The van der Waals surface area contributed by atoms with Crippen molar-refractivity contribution in [2.24, 2.45) is 0 Å². The first-order valence-corrected chi connectivity index (χ1v) is 12.0. The molecule has 1 aromatic carbocycles. The molecule has 0 spiro atoms. The number of rotatable bonds is 6. The summed E-state index contributed by atoms with van der Waals surface area (Å²) in [5.74, 6) is 1.53. The summed E-state index contributed by atoms with van der Waals surface area (Å²) in [7, 11) is -2.77. The minimum Gasteiger partial charge on any atom is -0.378 e. The van der Waals surface area contributed by atoms with E-state index in [1.165, 1.54) is 18.6 Å². The van der Waals surface area contributed by atoms with Gasteiger partial charge in [-0.2, -0.15) is 10.6 Å². The summed E-state index contributed by atoms with van der Waals surface area (Å²) in [6.07, 6.45) is 2.76. The number of ether oxygens (including phenoxy) is 1. The Bertz CT molecular complexity index is 1050. The number of morpholine rings is 1. The highest BCUT2D eigenvalue weighted by Gasteiger charge is 2.18. The van der Waals surface area contributed by atoms with Gasteiger partial charge < -0.3 is 19.5 Å². The fourth-order valence-corrected chi connectivity index (χ4v) is 3.89. The normalized spacial score (nSPS) is 14.8. The Hall–Kier alpha value is -3.19. The van der Waals surface area contributed by atoms with Crippen molar-refractivity contribution < 1.29 is 23.2 Å². The topological polar surface area (TPSA) is 146 Å². The molecule has 0 atom stereocenters. The minimum absolute atomic E-state index is 0.0434. The summed E-state index contributed by atoms with van der Waals surface area (Å²) in [6, 6.07) is 9.91. The fraction of sp³-hybridized carbons (Fsp3) is 0.300. The van der Waals surface area contributed by atoms with Crippen LogP contribution in [0.25, 0.3) is 11.4 Å². The molecular weight excluding hydrogens is 436 g/mol. The number of carbonyl (C=O) groups is 1. The lowest BCUT2D eigenvalue weighted by molar-refractivity contribution is 0.122. The summed E-state index contributed by atoms with van der Waals surface area (Å²) in [5.41, 5.74) is 1.85. The second-order valence-corrected chi connectivity index (χ2v) is 9.60.